The number of halogens is 1. The zero-order chi connectivity index (χ0) is 20.9. The molecule has 1 saturated carbocycles. The van der Waals surface area contributed by atoms with Gasteiger partial charge in [-0.25, -0.2) is 9.97 Å². The average Bonchev–Trinajstić information content (AvgIpc) is 3.58. The van der Waals surface area contributed by atoms with Gasteiger partial charge < -0.3 is 15.5 Å². The quantitative estimate of drug-likeness (QED) is 0.457. The highest BCUT2D eigenvalue weighted by molar-refractivity contribution is 9.10. The summed E-state index contributed by atoms with van der Waals surface area (Å²) in [6, 6.07) is 9.85. The van der Waals surface area contributed by atoms with Gasteiger partial charge in [-0.2, -0.15) is 0 Å². The number of rotatable bonds is 7. The second-order valence-electron chi connectivity index (χ2n) is 7.58. The summed E-state index contributed by atoms with van der Waals surface area (Å²) < 4.78 is 0.849. The summed E-state index contributed by atoms with van der Waals surface area (Å²) in [5.41, 5.74) is 0.750. The molecule has 2 aromatic rings. The molecular formula is C21H24BrN5O2S. The monoisotopic (exact) mass is 489 g/mol. The number of hydrogen-bond donors (Lipinski definition) is 2. The lowest BCUT2D eigenvalue weighted by atomic mass is 9.96. The van der Waals surface area contributed by atoms with E-state index in [0.29, 0.717) is 6.04 Å². The van der Waals surface area contributed by atoms with Gasteiger partial charge >= 0.3 is 0 Å². The van der Waals surface area contributed by atoms with E-state index in [1.54, 1.807) is 0 Å². The molecule has 1 aromatic carbocycles. The lowest BCUT2D eigenvalue weighted by Crippen LogP contribution is -2.41. The van der Waals surface area contributed by atoms with Gasteiger partial charge in [-0.3, -0.25) is 9.59 Å². The summed E-state index contributed by atoms with van der Waals surface area (Å²) in [4.78, 5) is 35.4. The number of carbonyl (C=O) groups excluding carboxylic acids is 2. The molecule has 0 unspecified atom stereocenters. The Labute approximate surface area is 188 Å². The summed E-state index contributed by atoms with van der Waals surface area (Å²) in [5, 5.41) is 6.76. The van der Waals surface area contributed by atoms with Crippen molar-refractivity contribution in [2.75, 3.05) is 29.1 Å². The molecule has 0 radical (unpaired) electrons. The minimum atomic E-state index is -0.0884. The van der Waals surface area contributed by atoms with E-state index in [0.717, 1.165) is 59.8 Å². The highest BCUT2D eigenvalue weighted by Crippen LogP contribution is 2.27. The Morgan fingerprint density at radius 1 is 1.13 bits per heavy atom. The maximum atomic E-state index is 12.3. The SMILES string of the molecule is O=C(CSc1cc(N2CCC(C(=O)NC3CC3)CC2)ncn1)Nc1ccccc1Br. The van der Waals surface area contributed by atoms with Crippen molar-refractivity contribution in [3.63, 3.8) is 0 Å². The molecule has 158 valence electrons. The molecule has 4 rings (SSSR count). The van der Waals surface area contributed by atoms with Crippen LogP contribution in [0, 0.1) is 5.92 Å². The van der Waals surface area contributed by atoms with Crippen LogP contribution in [-0.2, 0) is 9.59 Å². The summed E-state index contributed by atoms with van der Waals surface area (Å²) in [5.74, 6) is 1.32. The highest BCUT2D eigenvalue weighted by atomic mass is 79.9. The van der Waals surface area contributed by atoms with Crippen LogP contribution in [0.25, 0.3) is 0 Å². The Morgan fingerprint density at radius 3 is 2.63 bits per heavy atom. The normalized spacial score (nSPS) is 16.9. The van der Waals surface area contributed by atoms with Gasteiger partial charge in [0.15, 0.2) is 0 Å². The fourth-order valence-corrected chi connectivity index (χ4v) is 4.43. The van der Waals surface area contributed by atoms with Crippen LogP contribution in [0.1, 0.15) is 25.7 Å². The molecular weight excluding hydrogens is 466 g/mol. The van der Waals surface area contributed by atoms with Crippen molar-refractivity contribution in [2.45, 2.75) is 36.8 Å². The van der Waals surface area contributed by atoms with E-state index in [1.165, 1.54) is 18.1 Å². The molecule has 1 saturated heterocycles. The summed E-state index contributed by atoms with van der Waals surface area (Å²) >= 11 is 4.81. The van der Waals surface area contributed by atoms with E-state index in [2.05, 4.69) is 41.4 Å². The Morgan fingerprint density at radius 2 is 1.90 bits per heavy atom. The zero-order valence-electron chi connectivity index (χ0n) is 16.5. The van der Waals surface area contributed by atoms with E-state index in [-0.39, 0.29) is 23.5 Å². The summed E-state index contributed by atoms with van der Waals surface area (Å²) in [6.45, 7) is 1.60. The number of aromatic nitrogens is 2. The van der Waals surface area contributed by atoms with E-state index in [9.17, 15) is 9.59 Å². The molecule has 1 aliphatic carbocycles. The Hall–Kier alpha value is -2.13. The fraction of sp³-hybridized carbons (Fsp3) is 0.429. The number of nitrogens with one attached hydrogen (secondary N) is 2. The lowest BCUT2D eigenvalue weighted by molar-refractivity contribution is -0.125. The van der Waals surface area contributed by atoms with Gasteiger partial charge in [0.25, 0.3) is 0 Å². The molecule has 2 amide bonds. The minimum absolute atomic E-state index is 0.0884. The van der Waals surface area contributed by atoms with Gasteiger partial charge in [0.1, 0.15) is 17.2 Å². The van der Waals surface area contributed by atoms with Gasteiger partial charge in [0.05, 0.1) is 11.4 Å². The Kier molecular flexibility index (Phi) is 6.89. The number of anilines is 2. The van der Waals surface area contributed by atoms with Crippen LogP contribution >= 0.6 is 27.7 Å². The van der Waals surface area contributed by atoms with Gasteiger partial charge in [-0.15, -0.1) is 0 Å². The molecule has 1 aliphatic heterocycles. The maximum absolute atomic E-state index is 12.3. The van der Waals surface area contributed by atoms with Gasteiger partial charge in [0.2, 0.25) is 11.8 Å². The number of nitrogens with zero attached hydrogens (tertiary/aromatic N) is 3. The number of hydrogen-bond acceptors (Lipinski definition) is 6. The molecule has 2 heterocycles. The van der Waals surface area contributed by atoms with E-state index < -0.39 is 0 Å². The predicted molar refractivity (Wildman–Crippen MR) is 122 cm³/mol. The summed E-state index contributed by atoms with van der Waals surface area (Å²) in [7, 11) is 0. The molecule has 30 heavy (non-hydrogen) atoms. The van der Waals surface area contributed by atoms with Crippen molar-refractivity contribution in [3.8, 4) is 0 Å². The average molecular weight is 490 g/mol. The molecule has 0 atom stereocenters. The number of benzene rings is 1. The second kappa shape index (κ2) is 9.78. The first-order valence-electron chi connectivity index (χ1n) is 10.1. The first-order chi connectivity index (χ1) is 14.6. The van der Waals surface area contributed by atoms with Crippen LogP contribution in [-0.4, -0.2) is 46.7 Å². The third-order valence-electron chi connectivity index (χ3n) is 5.24. The molecule has 1 aromatic heterocycles. The Bertz CT molecular complexity index is 916. The van der Waals surface area contributed by atoms with Crippen LogP contribution < -0.4 is 15.5 Å². The number of carbonyl (C=O) groups is 2. The molecule has 9 heteroatoms. The van der Waals surface area contributed by atoms with Crippen LogP contribution in [0.2, 0.25) is 0 Å². The van der Waals surface area contributed by atoms with Gasteiger partial charge in [-0.05, 0) is 53.7 Å². The second-order valence-corrected chi connectivity index (χ2v) is 9.43. The van der Waals surface area contributed by atoms with Crippen LogP contribution in [0.5, 0.6) is 0 Å². The molecule has 2 N–H and O–H groups in total. The van der Waals surface area contributed by atoms with E-state index in [4.69, 9.17) is 0 Å². The van der Waals surface area contributed by atoms with Crippen molar-refractivity contribution < 1.29 is 9.59 Å². The van der Waals surface area contributed by atoms with Crippen LogP contribution in [0.15, 0.2) is 46.2 Å². The third kappa shape index (κ3) is 5.72. The number of piperidine rings is 1. The first-order valence-corrected chi connectivity index (χ1v) is 11.9. The van der Waals surface area contributed by atoms with Crippen molar-refractivity contribution in [3.05, 3.63) is 41.1 Å². The third-order valence-corrected chi connectivity index (χ3v) is 6.86. The van der Waals surface area contributed by atoms with E-state index in [1.807, 2.05) is 30.3 Å². The number of thioether (sulfide) groups is 1. The molecule has 2 aliphatic rings. The smallest absolute Gasteiger partial charge is 0.234 e. The van der Waals surface area contributed by atoms with Gasteiger partial charge in [0, 0.05) is 35.6 Å². The van der Waals surface area contributed by atoms with Crippen molar-refractivity contribution in [2.24, 2.45) is 5.92 Å². The number of para-hydroxylation sites is 1. The van der Waals surface area contributed by atoms with Crippen LogP contribution in [0.4, 0.5) is 11.5 Å². The predicted octanol–water partition coefficient (Wildman–Crippen LogP) is 3.46. The number of amides is 2. The summed E-state index contributed by atoms with van der Waals surface area (Å²) in [6.07, 6.45) is 5.44. The van der Waals surface area contributed by atoms with Crippen molar-refractivity contribution in [1.82, 2.24) is 15.3 Å². The lowest BCUT2D eigenvalue weighted by Gasteiger charge is -2.32. The molecule has 0 spiro atoms. The standard InChI is InChI=1S/C21H24BrN5O2S/c22-16-3-1-2-4-17(16)26-19(28)12-30-20-11-18(23-13-24-20)27-9-7-14(8-10-27)21(29)25-15-5-6-15/h1-4,11,13-15H,5-10,12H2,(H,25,29)(H,26,28). The first kappa shape index (κ1) is 21.1. The van der Waals surface area contributed by atoms with Crippen molar-refractivity contribution >= 4 is 51.0 Å². The Balaban J connectivity index is 1.27. The van der Waals surface area contributed by atoms with E-state index >= 15 is 0 Å². The fourth-order valence-electron chi connectivity index (χ4n) is 3.39. The zero-order valence-corrected chi connectivity index (χ0v) is 18.9. The maximum Gasteiger partial charge on any atom is 0.234 e. The topological polar surface area (TPSA) is 87.2 Å². The van der Waals surface area contributed by atoms with Crippen molar-refractivity contribution in [1.29, 1.82) is 0 Å². The van der Waals surface area contributed by atoms with Gasteiger partial charge in [-0.1, -0.05) is 23.9 Å². The minimum Gasteiger partial charge on any atom is -0.356 e. The van der Waals surface area contributed by atoms with Crippen LogP contribution in [0.3, 0.4) is 0 Å². The largest absolute Gasteiger partial charge is 0.356 e. The highest BCUT2D eigenvalue weighted by Gasteiger charge is 2.30. The molecule has 2 fully saturated rings. The molecule has 7 nitrogen and oxygen atoms in total. The molecule has 0 bridgehead atoms.